The first-order chi connectivity index (χ1) is 7.34. The van der Waals surface area contributed by atoms with E-state index in [0.29, 0.717) is 5.92 Å². The summed E-state index contributed by atoms with van der Waals surface area (Å²) in [5.74, 6) is 1.66. The second-order valence-electron chi connectivity index (χ2n) is 4.51. The largest absolute Gasteiger partial charge is 0.381 e. The summed E-state index contributed by atoms with van der Waals surface area (Å²) in [6.45, 7) is 1.70. The van der Waals surface area contributed by atoms with Crippen LogP contribution in [-0.2, 0) is 11.2 Å². The zero-order valence-corrected chi connectivity index (χ0v) is 8.85. The zero-order valence-electron chi connectivity index (χ0n) is 8.85. The van der Waals surface area contributed by atoms with Gasteiger partial charge in [0.1, 0.15) is 5.82 Å². The Balaban J connectivity index is 1.90. The van der Waals surface area contributed by atoms with Crippen LogP contribution < -0.4 is 5.73 Å². The summed E-state index contributed by atoms with van der Waals surface area (Å²) in [4.78, 5) is 4.69. The van der Waals surface area contributed by atoms with Gasteiger partial charge in [-0.1, -0.05) is 0 Å². The molecule has 0 aromatic carbocycles. The summed E-state index contributed by atoms with van der Waals surface area (Å²) in [7, 11) is 0. The predicted octanol–water partition coefficient (Wildman–Crippen LogP) is 1.18. The molecule has 2 unspecified atom stereocenters. The number of hydrogen-bond donors (Lipinski definition) is 1. The molecular weight excluding hydrogens is 190 g/mol. The number of ether oxygens (including phenoxy) is 1. The molecule has 0 aliphatic carbocycles. The van der Waals surface area contributed by atoms with Crippen molar-refractivity contribution in [3.63, 3.8) is 0 Å². The van der Waals surface area contributed by atoms with Gasteiger partial charge in [0.05, 0.1) is 18.5 Å². The van der Waals surface area contributed by atoms with Crippen molar-refractivity contribution in [1.82, 2.24) is 9.55 Å². The summed E-state index contributed by atoms with van der Waals surface area (Å²) >= 11 is 0. The topological polar surface area (TPSA) is 53.1 Å². The van der Waals surface area contributed by atoms with Crippen molar-refractivity contribution in [2.24, 2.45) is 5.73 Å². The minimum absolute atomic E-state index is 0.136. The van der Waals surface area contributed by atoms with Gasteiger partial charge in [-0.2, -0.15) is 0 Å². The van der Waals surface area contributed by atoms with Crippen LogP contribution in [0.5, 0.6) is 0 Å². The van der Waals surface area contributed by atoms with Gasteiger partial charge in [0.2, 0.25) is 0 Å². The van der Waals surface area contributed by atoms with E-state index in [1.807, 2.05) is 0 Å². The molecular formula is C11H17N3O. The number of rotatable bonds is 1. The van der Waals surface area contributed by atoms with Gasteiger partial charge in [-0.25, -0.2) is 4.98 Å². The second-order valence-corrected chi connectivity index (χ2v) is 4.51. The molecule has 0 saturated carbocycles. The van der Waals surface area contributed by atoms with E-state index in [9.17, 15) is 0 Å². The maximum absolute atomic E-state index is 6.05. The Labute approximate surface area is 89.4 Å². The van der Waals surface area contributed by atoms with Gasteiger partial charge in [-0.3, -0.25) is 0 Å². The Bertz CT molecular complexity index is 355. The molecule has 2 N–H and O–H groups in total. The lowest BCUT2D eigenvalue weighted by Gasteiger charge is -2.20. The van der Waals surface area contributed by atoms with Gasteiger partial charge in [0, 0.05) is 25.1 Å². The number of fused-ring (bicyclic) bond motifs is 1. The summed E-state index contributed by atoms with van der Waals surface area (Å²) in [6, 6.07) is 0. The van der Waals surface area contributed by atoms with E-state index in [1.165, 1.54) is 12.1 Å². The normalized spacial score (nSPS) is 30.5. The highest BCUT2D eigenvalue weighted by molar-refractivity contribution is 5.13. The summed E-state index contributed by atoms with van der Waals surface area (Å²) in [5, 5.41) is 0. The molecule has 1 aromatic rings. The smallest absolute Gasteiger partial charge is 0.110 e. The molecule has 2 aliphatic heterocycles. The van der Waals surface area contributed by atoms with Crippen LogP contribution in [0.4, 0.5) is 0 Å². The van der Waals surface area contributed by atoms with Gasteiger partial charge in [-0.15, -0.1) is 0 Å². The number of aromatic nitrogens is 2. The van der Waals surface area contributed by atoms with Crippen LogP contribution in [0.1, 0.15) is 42.9 Å². The molecule has 1 saturated heterocycles. The molecule has 0 bridgehead atoms. The quantitative estimate of drug-likeness (QED) is 0.752. The fourth-order valence-electron chi connectivity index (χ4n) is 2.50. The van der Waals surface area contributed by atoms with Crippen molar-refractivity contribution < 1.29 is 4.74 Å². The van der Waals surface area contributed by atoms with E-state index in [1.54, 1.807) is 0 Å². The maximum Gasteiger partial charge on any atom is 0.110 e. The van der Waals surface area contributed by atoms with Crippen LogP contribution in [0, 0.1) is 0 Å². The van der Waals surface area contributed by atoms with Crippen LogP contribution in [0.2, 0.25) is 0 Å². The Morgan fingerprint density at radius 2 is 2.40 bits per heavy atom. The molecule has 2 aliphatic rings. The fourth-order valence-corrected chi connectivity index (χ4v) is 2.50. The number of nitrogens with two attached hydrogens (primary N) is 1. The maximum atomic E-state index is 6.05. The molecule has 0 radical (unpaired) electrons. The van der Waals surface area contributed by atoms with Crippen LogP contribution in [-0.4, -0.2) is 22.8 Å². The van der Waals surface area contributed by atoms with Crippen molar-refractivity contribution in [3.8, 4) is 0 Å². The third kappa shape index (κ3) is 1.58. The second kappa shape index (κ2) is 3.61. The monoisotopic (exact) mass is 207 g/mol. The standard InChI is InChI=1S/C11H17N3O/c12-10-2-1-3-11-13-9(6-14(10)11)8-4-5-15-7-8/h6,8,10H,1-5,7,12H2. The molecule has 4 nitrogen and oxygen atoms in total. The van der Waals surface area contributed by atoms with Crippen molar-refractivity contribution >= 4 is 0 Å². The molecule has 4 heteroatoms. The summed E-state index contributed by atoms with van der Waals surface area (Å²) in [6.07, 6.45) is 6.69. The summed E-state index contributed by atoms with van der Waals surface area (Å²) in [5.41, 5.74) is 7.23. The molecule has 3 rings (SSSR count). The molecule has 3 heterocycles. The average molecular weight is 207 g/mol. The minimum Gasteiger partial charge on any atom is -0.381 e. The summed E-state index contributed by atoms with van der Waals surface area (Å²) < 4.78 is 7.54. The van der Waals surface area contributed by atoms with Crippen molar-refractivity contribution in [2.75, 3.05) is 13.2 Å². The molecule has 0 amide bonds. The molecule has 0 spiro atoms. The van der Waals surface area contributed by atoms with E-state index < -0.39 is 0 Å². The molecule has 1 aromatic heterocycles. The van der Waals surface area contributed by atoms with Crippen LogP contribution in [0.25, 0.3) is 0 Å². The van der Waals surface area contributed by atoms with Gasteiger partial charge in [0.25, 0.3) is 0 Å². The third-order valence-corrected chi connectivity index (χ3v) is 3.43. The lowest BCUT2D eigenvalue weighted by Crippen LogP contribution is -2.24. The molecule has 1 fully saturated rings. The van der Waals surface area contributed by atoms with Crippen LogP contribution in [0.15, 0.2) is 6.20 Å². The molecule has 15 heavy (non-hydrogen) atoms. The van der Waals surface area contributed by atoms with E-state index in [4.69, 9.17) is 10.5 Å². The Morgan fingerprint density at radius 1 is 1.47 bits per heavy atom. The lowest BCUT2D eigenvalue weighted by molar-refractivity contribution is 0.193. The fraction of sp³-hybridized carbons (Fsp3) is 0.727. The number of imidazole rings is 1. The first-order valence-electron chi connectivity index (χ1n) is 5.75. The lowest BCUT2D eigenvalue weighted by atomic mass is 10.1. The number of nitrogens with zero attached hydrogens (tertiary/aromatic N) is 2. The van der Waals surface area contributed by atoms with E-state index >= 15 is 0 Å². The Kier molecular flexibility index (Phi) is 2.25. The number of aryl methyl sites for hydroxylation is 1. The molecule has 2 atom stereocenters. The van der Waals surface area contributed by atoms with Gasteiger partial charge >= 0.3 is 0 Å². The van der Waals surface area contributed by atoms with Gasteiger partial charge < -0.3 is 15.0 Å². The first kappa shape index (κ1) is 9.36. The van der Waals surface area contributed by atoms with Crippen molar-refractivity contribution in [2.45, 2.75) is 37.8 Å². The molecule has 82 valence electrons. The Hall–Kier alpha value is -0.870. The van der Waals surface area contributed by atoms with E-state index in [2.05, 4.69) is 15.7 Å². The number of hydrogen-bond acceptors (Lipinski definition) is 3. The zero-order chi connectivity index (χ0) is 10.3. The highest BCUT2D eigenvalue weighted by Gasteiger charge is 2.24. The highest BCUT2D eigenvalue weighted by atomic mass is 16.5. The van der Waals surface area contributed by atoms with Gasteiger partial charge in [-0.05, 0) is 19.3 Å². The van der Waals surface area contributed by atoms with E-state index in [-0.39, 0.29) is 6.17 Å². The average Bonchev–Trinajstić information content (AvgIpc) is 2.86. The SMILES string of the molecule is NC1CCCc2nc(C3CCOC3)cn21. The van der Waals surface area contributed by atoms with Gasteiger partial charge in [0.15, 0.2) is 0 Å². The Morgan fingerprint density at radius 3 is 3.13 bits per heavy atom. The van der Waals surface area contributed by atoms with Crippen LogP contribution in [0.3, 0.4) is 0 Å². The first-order valence-corrected chi connectivity index (χ1v) is 5.75. The highest BCUT2D eigenvalue weighted by Crippen LogP contribution is 2.28. The van der Waals surface area contributed by atoms with Crippen LogP contribution >= 0.6 is 0 Å². The van der Waals surface area contributed by atoms with Crippen molar-refractivity contribution in [1.29, 1.82) is 0 Å². The minimum atomic E-state index is 0.136. The predicted molar refractivity (Wildman–Crippen MR) is 56.6 cm³/mol. The van der Waals surface area contributed by atoms with E-state index in [0.717, 1.165) is 38.3 Å². The third-order valence-electron chi connectivity index (χ3n) is 3.43. The van der Waals surface area contributed by atoms with Crippen molar-refractivity contribution in [3.05, 3.63) is 17.7 Å².